The van der Waals surface area contributed by atoms with Crippen LogP contribution >= 0.6 is 0 Å². The summed E-state index contributed by atoms with van der Waals surface area (Å²) in [5, 5.41) is 8.24. The maximum absolute atomic E-state index is 12.0. The molecule has 0 aromatic heterocycles. The zero-order chi connectivity index (χ0) is 18.9. The van der Waals surface area contributed by atoms with E-state index in [2.05, 4.69) is 0 Å². The number of carboxylic acid groups (broad SMARTS) is 1. The van der Waals surface area contributed by atoms with Crippen molar-refractivity contribution >= 4 is 21.6 Å². The lowest BCUT2D eigenvalue weighted by Gasteiger charge is -2.07. The van der Waals surface area contributed by atoms with Gasteiger partial charge in [-0.2, -0.15) is 0 Å². The lowest BCUT2D eigenvalue weighted by atomic mass is 10.0. The van der Waals surface area contributed by atoms with Gasteiger partial charge in [0.1, 0.15) is 11.5 Å². The molecule has 1 rings (SSSR count). The van der Waals surface area contributed by atoms with E-state index in [0.29, 0.717) is 31.4 Å². The zero-order valence-electron chi connectivity index (χ0n) is 14.7. The van der Waals surface area contributed by atoms with E-state index in [9.17, 15) is 18.0 Å². The van der Waals surface area contributed by atoms with Crippen LogP contribution in [0.4, 0.5) is 0 Å². The predicted molar refractivity (Wildman–Crippen MR) is 95.7 cm³/mol. The van der Waals surface area contributed by atoms with Crippen molar-refractivity contribution in [3.05, 3.63) is 29.8 Å². The van der Waals surface area contributed by atoms with Gasteiger partial charge in [0, 0.05) is 12.8 Å². The quantitative estimate of drug-likeness (QED) is 0.568. The molecule has 0 amide bonds. The third-order valence-corrected chi connectivity index (χ3v) is 6.06. The molecule has 0 aliphatic carbocycles. The monoisotopic (exact) mass is 370 g/mol. The Labute approximate surface area is 149 Å². The van der Waals surface area contributed by atoms with Crippen LogP contribution in [-0.2, 0) is 25.8 Å². The van der Waals surface area contributed by atoms with Crippen molar-refractivity contribution in [1.29, 1.82) is 0 Å². The lowest BCUT2D eigenvalue weighted by Crippen LogP contribution is -2.17. The lowest BCUT2D eigenvalue weighted by molar-refractivity contribution is -0.139. The SMILES string of the molecule is CC(C)S(=O)(=O)CCCCCC(=O)Cc1cccc(OCC(=O)O)c1. The molecule has 6 nitrogen and oxygen atoms in total. The van der Waals surface area contributed by atoms with E-state index in [1.807, 2.05) is 0 Å². The normalized spacial score (nSPS) is 11.5. The molecule has 7 heteroatoms. The molecule has 1 aromatic carbocycles. The summed E-state index contributed by atoms with van der Waals surface area (Å²) in [6.45, 7) is 2.93. The Hall–Kier alpha value is -1.89. The van der Waals surface area contributed by atoms with Crippen molar-refractivity contribution in [1.82, 2.24) is 0 Å². The van der Waals surface area contributed by atoms with E-state index >= 15 is 0 Å². The van der Waals surface area contributed by atoms with Crippen molar-refractivity contribution in [2.24, 2.45) is 0 Å². The van der Waals surface area contributed by atoms with Gasteiger partial charge in [0.25, 0.3) is 0 Å². The summed E-state index contributed by atoms with van der Waals surface area (Å²) in [4.78, 5) is 22.5. The van der Waals surface area contributed by atoms with E-state index in [-0.39, 0.29) is 23.2 Å². The first-order valence-electron chi connectivity index (χ1n) is 8.37. The van der Waals surface area contributed by atoms with Gasteiger partial charge in [0.05, 0.1) is 11.0 Å². The maximum Gasteiger partial charge on any atom is 0.341 e. The van der Waals surface area contributed by atoms with Crippen molar-refractivity contribution < 1.29 is 27.9 Å². The summed E-state index contributed by atoms with van der Waals surface area (Å²) in [6, 6.07) is 6.82. The molecule has 1 N–H and O–H groups in total. The number of carbonyl (C=O) groups is 2. The highest BCUT2D eigenvalue weighted by Gasteiger charge is 2.15. The van der Waals surface area contributed by atoms with E-state index in [4.69, 9.17) is 9.84 Å². The fourth-order valence-electron chi connectivity index (χ4n) is 2.24. The van der Waals surface area contributed by atoms with Crippen molar-refractivity contribution in [3.63, 3.8) is 0 Å². The highest BCUT2D eigenvalue weighted by molar-refractivity contribution is 7.91. The first kappa shape index (κ1) is 21.2. The Morgan fingerprint density at radius 2 is 1.88 bits per heavy atom. The minimum Gasteiger partial charge on any atom is -0.482 e. The molecule has 25 heavy (non-hydrogen) atoms. The molecular weight excluding hydrogens is 344 g/mol. The minimum absolute atomic E-state index is 0.0714. The van der Waals surface area contributed by atoms with Crippen LogP contribution in [0, 0.1) is 0 Å². The van der Waals surface area contributed by atoms with Crippen LogP contribution in [-0.4, -0.2) is 42.9 Å². The zero-order valence-corrected chi connectivity index (χ0v) is 15.5. The van der Waals surface area contributed by atoms with Gasteiger partial charge < -0.3 is 9.84 Å². The van der Waals surface area contributed by atoms with Gasteiger partial charge >= 0.3 is 5.97 Å². The topological polar surface area (TPSA) is 97.7 Å². The summed E-state index contributed by atoms with van der Waals surface area (Å²) < 4.78 is 28.4. The number of ether oxygens (including phenoxy) is 1. The Kier molecular flexibility index (Phi) is 8.61. The largest absolute Gasteiger partial charge is 0.482 e. The van der Waals surface area contributed by atoms with Crippen LogP contribution in [0.3, 0.4) is 0 Å². The number of benzene rings is 1. The van der Waals surface area contributed by atoms with Gasteiger partial charge in [-0.05, 0) is 44.4 Å². The second kappa shape index (κ2) is 10.2. The number of Topliss-reactive ketones (excluding diaryl/α,β-unsaturated/α-hetero) is 1. The summed E-state index contributed by atoms with van der Waals surface area (Å²) in [5.74, 6) is -0.392. The van der Waals surface area contributed by atoms with Crippen LogP contribution in [0.15, 0.2) is 24.3 Å². The van der Waals surface area contributed by atoms with E-state index in [0.717, 1.165) is 5.56 Å². The molecule has 0 saturated carbocycles. The number of hydrogen-bond donors (Lipinski definition) is 1. The number of carboxylic acids is 1. The van der Waals surface area contributed by atoms with Crippen molar-refractivity contribution in [2.75, 3.05) is 12.4 Å². The first-order valence-corrected chi connectivity index (χ1v) is 10.1. The fraction of sp³-hybridized carbons (Fsp3) is 0.556. The highest BCUT2D eigenvalue weighted by atomic mass is 32.2. The molecule has 0 bridgehead atoms. The number of carbonyl (C=O) groups excluding carboxylic acids is 1. The third kappa shape index (κ3) is 8.67. The molecule has 140 valence electrons. The number of sulfone groups is 1. The van der Waals surface area contributed by atoms with Gasteiger partial charge in [-0.15, -0.1) is 0 Å². The smallest absolute Gasteiger partial charge is 0.341 e. The van der Waals surface area contributed by atoms with Gasteiger partial charge in [0.15, 0.2) is 16.4 Å². The van der Waals surface area contributed by atoms with E-state index in [1.54, 1.807) is 38.1 Å². The van der Waals surface area contributed by atoms with Gasteiger partial charge in [0.2, 0.25) is 0 Å². The third-order valence-electron chi connectivity index (χ3n) is 3.76. The summed E-state index contributed by atoms with van der Waals surface area (Å²) in [7, 11) is -3.00. The van der Waals surface area contributed by atoms with Crippen LogP contribution in [0.1, 0.15) is 45.1 Å². The molecule has 0 radical (unpaired) electrons. The first-order chi connectivity index (χ1) is 11.7. The molecule has 0 spiro atoms. The van der Waals surface area contributed by atoms with Crippen LogP contribution in [0.25, 0.3) is 0 Å². The molecular formula is C18H26O6S. The number of rotatable bonds is 12. The Bertz CT molecular complexity index is 679. The maximum atomic E-state index is 12.0. The van der Waals surface area contributed by atoms with E-state index < -0.39 is 22.4 Å². The van der Waals surface area contributed by atoms with E-state index in [1.165, 1.54) is 0 Å². The highest BCUT2D eigenvalue weighted by Crippen LogP contribution is 2.15. The van der Waals surface area contributed by atoms with Crippen molar-refractivity contribution in [3.8, 4) is 5.75 Å². The minimum atomic E-state index is -3.00. The Morgan fingerprint density at radius 3 is 2.52 bits per heavy atom. The molecule has 0 atom stereocenters. The van der Waals surface area contributed by atoms with Crippen LogP contribution in [0.5, 0.6) is 5.75 Å². The summed E-state index contributed by atoms with van der Waals surface area (Å²) >= 11 is 0. The summed E-state index contributed by atoms with van der Waals surface area (Å²) in [5.41, 5.74) is 0.773. The Balaban J connectivity index is 2.33. The molecule has 0 aliphatic rings. The average molecular weight is 370 g/mol. The van der Waals surface area contributed by atoms with Gasteiger partial charge in [-0.3, -0.25) is 4.79 Å². The van der Waals surface area contributed by atoms with Crippen LogP contribution in [0.2, 0.25) is 0 Å². The summed E-state index contributed by atoms with van der Waals surface area (Å²) in [6.07, 6.45) is 2.61. The number of aliphatic carboxylic acids is 1. The number of unbranched alkanes of at least 4 members (excludes halogenated alkanes) is 2. The molecule has 0 saturated heterocycles. The number of ketones is 1. The number of hydrogen-bond acceptors (Lipinski definition) is 5. The van der Waals surface area contributed by atoms with Crippen LogP contribution < -0.4 is 4.74 Å². The van der Waals surface area contributed by atoms with Gasteiger partial charge in [-0.1, -0.05) is 18.6 Å². The Morgan fingerprint density at radius 1 is 1.16 bits per heavy atom. The predicted octanol–water partition coefficient (Wildman–Crippen LogP) is 2.65. The second-order valence-corrected chi connectivity index (χ2v) is 8.95. The molecule has 0 aliphatic heterocycles. The molecule has 0 unspecified atom stereocenters. The fourth-order valence-corrected chi connectivity index (χ4v) is 3.32. The van der Waals surface area contributed by atoms with Crippen molar-refractivity contribution in [2.45, 2.75) is 51.2 Å². The second-order valence-electron chi connectivity index (χ2n) is 6.27. The standard InChI is InChI=1S/C18H26O6S/c1-14(2)25(22,23)10-5-3-4-8-16(19)11-15-7-6-9-17(12-15)24-13-18(20)21/h6-7,9,12,14H,3-5,8,10-11,13H2,1-2H3,(H,20,21). The molecule has 0 fully saturated rings. The van der Waals surface area contributed by atoms with Gasteiger partial charge in [-0.25, -0.2) is 13.2 Å². The molecule has 1 aromatic rings. The average Bonchev–Trinajstić information content (AvgIpc) is 2.52. The molecule has 0 heterocycles.